The van der Waals surface area contributed by atoms with E-state index in [9.17, 15) is 0 Å². The standard InChI is InChI=1S/CH2O3.Na.H4O4Si/c2-1(3)4;;1-5(2,3)4/h(H2,2,3,4);;1-4H. The SMILES string of the molecule is O=C(O)O.O[Si](O)(O)O.[Na]. The Hall–Kier alpha value is 0.327. The van der Waals surface area contributed by atoms with Crippen LogP contribution in [-0.4, -0.2) is 74.2 Å². The van der Waals surface area contributed by atoms with E-state index in [1.165, 1.54) is 0 Å². The van der Waals surface area contributed by atoms with E-state index in [4.69, 9.17) is 34.2 Å². The van der Waals surface area contributed by atoms with Crippen molar-refractivity contribution in [3.63, 3.8) is 0 Å². The first-order valence-corrected chi connectivity index (χ1v) is 3.33. The van der Waals surface area contributed by atoms with Gasteiger partial charge in [-0.05, 0) is 0 Å². The van der Waals surface area contributed by atoms with E-state index in [0.29, 0.717) is 0 Å². The van der Waals surface area contributed by atoms with E-state index in [2.05, 4.69) is 0 Å². The van der Waals surface area contributed by atoms with Gasteiger partial charge in [0.1, 0.15) is 0 Å². The van der Waals surface area contributed by atoms with Crippen molar-refractivity contribution in [2.75, 3.05) is 0 Å². The van der Waals surface area contributed by atoms with Crippen LogP contribution in [0, 0.1) is 0 Å². The Morgan fingerprint density at radius 2 is 1.00 bits per heavy atom. The molecule has 1 radical (unpaired) electrons. The molecular weight excluding hydrogens is 175 g/mol. The monoisotopic (exact) mass is 181 g/mol. The zero-order valence-corrected chi connectivity index (χ0v) is 8.09. The van der Waals surface area contributed by atoms with Crippen LogP contribution in [0.1, 0.15) is 0 Å². The van der Waals surface area contributed by atoms with Crippen molar-refractivity contribution in [1.82, 2.24) is 0 Å². The van der Waals surface area contributed by atoms with Crippen LogP contribution in [0.4, 0.5) is 4.79 Å². The molecule has 0 saturated heterocycles. The maximum atomic E-state index is 8.56. The molecule has 7 nitrogen and oxygen atoms in total. The van der Waals surface area contributed by atoms with Gasteiger partial charge in [-0.1, -0.05) is 0 Å². The van der Waals surface area contributed by atoms with Crippen LogP contribution in [0.5, 0.6) is 0 Å². The van der Waals surface area contributed by atoms with Gasteiger partial charge in [0.2, 0.25) is 0 Å². The van der Waals surface area contributed by atoms with E-state index >= 15 is 0 Å². The summed E-state index contributed by atoms with van der Waals surface area (Å²) in [5, 5.41) is 13.9. The number of carbonyl (C=O) groups is 1. The Morgan fingerprint density at radius 3 is 1.00 bits per heavy atom. The van der Waals surface area contributed by atoms with Gasteiger partial charge in [0.25, 0.3) is 0 Å². The smallest absolute Gasteiger partial charge is 0.450 e. The van der Waals surface area contributed by atoms with E-state index in [-0.39, 0.29) is 29.6 Å². The van der Waals surface area contributed by atoms with E-state index in [1.807, 2.05) is 0 Å². The molecule has 0 unspecified atom stereocenters. The zero-order valence-electron chi connectivity index (χ0n) is 5.09. The normalized spacial score (nSPS) is 8.40. The summed E-state index contributed by atoms with van der Waals surface area (Å²) in [6, 6.07) is 0. The van der Waals surface area contributed by atoms with Crippen LogP contribution < -0.4 is 0 Å². The van der Waals surface area contributed by atoms with Crippen molar-refractivity contribution in [2.45, 2.75) is 0 Å². The van der Waals surface area contributed by atoms with Gasteiger partial charge in [0.15, 0.2) is 0 Å². The summed E-state index contributed by atoms with van der Waals surface area (Å²) in [5.74, 6) is 0. The summed E-state index contributed by atoms with van der Waals surface area (Å²) < 4.78 is 0. The Labute approximate surface area is 79.0 Å². The fourth-order valence-corrected chi connectivity index (χ4v) is 0. The molecule has 0 aliphatic carbocycles. The third kappa shape index (κ3) is 4180. The summed E-state index contributed by atoms with van der Waals surface area (Å²) in [6.07, 6.45) is -1.83. The Balaban J connectivity index is -0.0000000910. The minimum absolute atomic E-state index is 0. The minimum atomic E-state index is -4.61. The summed E-state index contributed by atoms with van der Waals surface area (Å²) in [6.45, 7) is 0. The van der Waals surface area contributed by atoms with Crippen LogP contribution in [0.2, 0.25) is 0 Å². The fraction of sp³-hybridized carbons (Fsp3) is 0. The van der Waals surface area contributed by atoms with Crippen molar-refractivity contribution in [1.29, 1.82) is 0 Å². The first-order valence-electron chi connectivity index (χ1n) is 1.55. The summed E-state index contributed by atoms with van der Waals surface area (Å²) in [7, 11) is -4.61. The van der Waals surface area contributed by atoms with Crippen LogP contribution >= 0.6 is 0 Å². The molecule has 0 saturated carbocycles. The van der Waals surface area contributed by atoms with Crippen LogP contribution in [0.25, 0.3) is 0 Å². The average Bonchev–Trinajstić information content (AvgIpc) is 1.19. The third-order valence-electron chi connectivity index (χ3n) is 0. The molecule has 0 fully saturated rings. The quantitative estimate of drug-likeness (QED) is 0.222. The van der Waals surface area contributed by atoms with Gasteiger partial charge in [0.05, 0.1) is 0 Å². The molecule has 0 atom stereocenters. The molecule has 0 amide bonds. The molecule has 0 bridgehead atoms. The fourth-order valence-electron chi connectivity index (χ4n) is 0. The molecule has 0 aromatic carbocycles. The maximum Gasteiger partial charge on any atom is 0.668 e. The molecule has 0 aromatic heterocycles. The number of hydrogen-bond acceptors (Lipinski definition) is 5. The van der Waals surface area contributed by atoms with Crippen LogP contribution in [-0.2, 0) is 0 Å². The molecule has 57 valence electrons. The summed E-state index contributed by atoms with van der Waals surface area (Å²) in [5.41, 5.74) is 0. The van der Waals surface area contributed by atoms with Crippen LogP contribution in [0.15, 0.2) is 0 Å². The molecule has 0 heterocycles. The van der Waals surface area contributed by atoms with Crippen molar-refractivity contribution in [2.24, 2.45) is 0 Å². The molecule has 9 heteroatoms. The molecule has 0 aliphatic rings. The molecule has 0 spiro atoms. The first kappa shape index (κ1) is 16.7. The number of carboxylic acid groups (broad SMARTS) is 2. The van der Waals surface area contributed by atoms with E-state index in [1.54, 1.807) is 0 Å². The topological polar surface area (TPSA) is 138 Å². The Morgan fingerprint density at radius 1 is 1.00 bits per heavy atom. The Bertz CT molecular complexity index is 76.1. The number of hydrogen-bond donors (Lipinski definition) is 6. The third-order valence-corrected chi connectivity index (χ3v) is 0. The minimum Gasteiger partial charge on any atom is -0.450 e. The van der Waals surface area contributed by atoms with Gasteiger partial charge in [-0.2, -0.15) is 0 Å². The van der Waals surface area contributed by atoms with E-state index < -0.39 is 15.2 Å². The van der Waals surface area contributed by atoms with Crippen molar-refractivity contribution in [3.8, 4) is 0 Å². The molecule has 6 N–H and O–H groups in total. The van der Waals surface area contributed by atoms with Crippen molar-refractivity contribution >= 4 is 44.8 Å². The second-order valence-corrected chi connectivity index (χ2v) is 2.08. The van der Waals surface area contributed by atoms with Crippen molar-refractivity contribution in [3.05, 3.63) is 0 Å². The van der Waals surface area contributed by atoms with Gasteiger partial charge < -0.3 is 29.4 Å². The first-order chi connectivity index (χ1) is 3.73. The predicted octanol–water partition coefficient (Wildman–Crippen LogP) is -2.77. The van der Waals surface area contributed by atoms with Gasteiger partial charge in [-0.15, -0.1) is 0 Å². The molecule has 0 aromatic rings. The maximum absolute atomic E-state index is 8.56. The predicted molar refractivity (Wildman–Crippen MR) is 31.0 cm³/mol. The zero-order chi connectivity index (χ0) is 8.08. The summed E-state index contributed by atoms with van der Waals surface area (Å²) in [4.78, 5) is 37.9. The molecule has 10 heavy (non-hydrogen) atoms. The molecule has 0 aliphatic heterocycles. The molecular formula is CH6NaO7Si. The van der Waals surface area contributed by atoms with Gasteiger partial charge >= 0.3 is 15.2 Å². The van der Waals surface area contributed by atoms with Gasteiger partial charge in [0, 0.05) is 29.6 Å². The second kappa shape index (κ2) is 7.43. The largest absolute Gasteiger partial charge is 0.668 e. The van der Waals surface area contributed by atoms with E-state index in [0.717, 1.165) is 0 Å². The Kier molecular flexibility index (Phi) is 12.4. The molecule has 0 rings (SSSR count). The summed E-state index contributed by atoms with van der Waals surface area (Å²) >= 11 is 0. The van der Waals surface area contributed by atoms with Crippen molar-refractivity contribution < 1.29 is 34.2 Å². The average molecular weight is 181 g/mol. The number of rotatable bonds is 0. The van der Waals surface area contributed by atoms with Gasteiger partial charge in [-0.25, -0.2) is 4.79 Å². The second-order valence-electron chi connectivity index (χ2n) is 0.883. The van der Waals surface area contributed by atoms with Crippen LogP contribution in [0.3, 0.4) is 0 Å². The van der Waals surface area contributed by atoms with Gasteiger partial charge in [-0.3, -0.25) is 0 Å².